The first kappa shape index (κ1) is 5.87. The Morgan fingerprint density at radius 1 is 1.44 bits per heavy atom. The van der Waals surface area contributed by atoms with Gasteiger partial charge in [-0.15, -0.1) is 0 Å². The van der Waals surface area contributed by atoms with Crippen LogP contribution < -0.4 is 16.7 Å². The molecule has 2 radical (unpaired) electrons. The molecule has 4 nitrogen and oxygen atoms in total. The number of nitrogens with one attached hydrogen (secondary N) is 2. The van der Waals surface area contributed by atoms with Gasteiger partial charge in [0, 0.05) is 6.20 Å². The molecule has 0 saturated carbocycles. The molecule has 2 N–H and O–H groups in total. The summed E-state index contributed by atoms with van der Waals surface area (Å²) in [5, 5.41) is 0. The van der Waals surface area contributed by atoms with Gasteiger partial charge in [0.2, 0.25) is 5.56 Å². The van der Waals surface area contributed by atoms with Crippen LogP contribution >= 0.6 is 0 Å². The Hall–Kier alpha value is -1.26. The molecule has 0 aliphatic rings. The van der Waals surface area contributed by atoms with E-state index in [4.69, 9.17) is 7.85 Å². The maximum absolute atomic E-state index is 10.4. The van der Waals surface area contributed by atoms with Gasteiger partial charge in [0.25, 0.3) is 0 Å². The lowest BCUT2D eigenvalue weighted by Gasteiger charge is -1.84. The van der Waals surface area contributed by atoms with E-state index in [0.717, 1.165) is 6.20 Å². The van der Waals surface area contributed by atoms with Crippen molar-refractivity contribution in [1.82, 2.24) is 9.97 Å². The van der Waals surface area contributed by atoms with E-state index in [1.807, 2.05) is 4.98 Å². The van der Waals surface area contributed by atoms with Gasteiger partial charge in [-0.2, -0.15) is 0 Å². The number of hydrogen-bond donors (Lipinski definition) is 2. The first-order chi connectivity index (χ1) is 4.20. The zero-order chi connectivity index (χ0) is 6.85. The van der Waals surface area contributed by atoms with Gasteiger partial charge in [-0.25, -0.2) is 4.79 Å². The van der Waals surface area contributed by atoms with E-state index < -0.39 is 11.2 Å². The number of aromatic amines is 2. The van der Waals surface area contributed by atoms with E-state index in [1.54, 1.807) is 0 Å². The predicted octanol–water partition coefficient (Wildman–Crippen LogP) is -2.14. The average molecular weight is 122 g/mol. The Labute approximate surface area is 51.3 Å². The summed E-state index contributed by atoms with van der Waals surface area (Å²) in [5.74, 6) is 0. The Bertz CT molecular complexity index is 313. The predicted molar refractivity (Wildman–Crippen MR) is 33.1 cm³/mol. The number of rotatable bonds is 0. The molecule has 1 heterocycles. The summed E-state index contributed by atoms with van der Waals surface area (Å²) in [5.41, 5.74) is -1.09. The van der Waals surface area contributed by atoms with E-state index in [1.165, 1.54) is 0 Å². The minimum atomic E-state index is -0.557. The third kappa shape index (κ3) is 1.10. The molecule has 1 aromatic heterocycles. The molecule has 1 rings (SSSR count). The minimum absolute atomic E-state index is 0.00889. The topological polar surface area (TPSA) is 65.7 Å². The van der Waals surface area contributed by atoms with E-state index in [0.29, 0.717) is 0 Å². The summed E-state index contributed by atoms with van der Waals surface area (Å²) in [6.45, 7) is 0. The van der Waals surface area contributed by atoms with E-state index in [-0.39, 0.29) is 5.46 Å². The standard InChI is InChI=1S/C4H3BN2O2/c5-2-1-6-4(9)7-3(2)8/h1H,(H2,6,7,8,9). The molecule has 0 unspecified atom stereocenters. The van der Waals surface area contributed by atoms with E-state index in [2.05, 4.69) is 4.98 Å². The highest BCUT2D eigenvalue weighted by Crippen LogP contribution is 1.47. The third-order valence-corrected chi connectivity index (χ3v) is 0.848. The lowest BCUT2D eigenvalue weighted by atomic mass is 10.0. The lowest BCUT2D eigenvalue weighted by Crippen LogP contribution is -2.34. The normalized spacial score (nSPS) is 9.33. The fourth-order valence-electron chi connectivity index (χ4n) is 0.420. The van der Waals surface area contributed by atoms with Crippen LogP contribution in [0.3, 0.4) is 0 Å². The molecule has 44 valence electrons. The van der Waals surface area contributed by atoms with Crippen molar-refractivity contribution < 1.29 is 0 Å². The van der Waals surface area contributed by atoms with E-state index >= 15 is 0 Å². The zero-order valence-corrected chi connectivity index (χ0v) is 4.47. The summed E-state index contributed by atoms with van der Waals surface area (Å²) in [7, 11) is 5.07. The zero-order valence-electron chi connectivity index (χ0n) is 4.47. The molecule has 0 aromatic carbocycles. The van der Waals surface area contributed by atoms with Crippen molar-refractivity contribution in [2.75, 3.05) is 0 Å². The molecule has 0 atom stereocenters. The highest BCUT2D eigenvalue weighted by Gasteiger charge is 1.88. The smallest absolute Gasteiger partial charge is 0.315 e. The van der Waals surface area contributed by atoms with Gasteiger partial charge in [0.1, 0.15) is 7.85 Å². The molecule has 0 aliphatic carbocycles. The monoisotopic (exact) mass is 122 g/mol. The van der Waals surface area contributed by atoms with Gasteiger partial charge >= 0.3 is 5.69 Å². The van der Waals surface area contributed by atoms with Crippen molar-refractivity contribution >= 4 is 13.3 Å². The van der Waals surface area contributed by atoms with Crippen molar-refractivity contribution in [3.8, 4) is 0 Å². The largest absolute Gasteiger partial charge is 0.325 e. The van der Waals surface area contributed by atoms with Crippen LogP contribution in [0.5, 0.6) is 0 Å². The summed E-state index contributed by atoms with van der Waals surface area (Å²) in [6, 6.07) is 0. The summed E-state index contributed by atoms with van der Waals surface area (Å²) in [6.07, 6.45) is 1.15. The van der Waals surface area contributed by atoms with Gasteiger partial charge in [-0.3, -0.25) is 9.78 Å². The number of aromatic nitrogens is 2. The van der Waals surface area contributed by atoms with Crippen LogP contribution in [0, 0.1) is 0 Å². The first-order valence-corrected chi connectivity index (χ1v) is 2.27. The molecule has 0 bridgehead atoms. The quantitative estimate of drug-likeness (QED) is 0.385. The lowest BCUT2D eigenvalue weighted by molar-refractivity contribution is 1.05. The summed E-state index contributed by atoms with van der Waals surface area (Å²) < 4.78 is 0. The molecular formula is C4H3BN2O2. The second kappa shape index (κ2) is 1.93. The fraction of sp³-hybridized carbons (Fsp3) is 0. The Kier molecular flexibility index (Phi) is 1.26. The van der Waals surface area contributed by atoms with Crippen LogP contribution in [0.15, 0.2) is 15.8 Å². The van der Waals surface area contributed by atoms with Crippen molar-refractivity contribution in [2.24, 2.45) is 0 Å². The molecule has 5 heteroatoms. The fourth-order valence-corrected chi connectivity index (χ4v) is 0.420. The molecule has 0 amide bonds. The average Bonchev–Trinajstić information content (AvgIpc) is 1.80. The van der Waals surface area contributed by atoms with Crippen LogP contribution in [-0.4, -0.2) is 17.8 Å². The Balaban J connectivity index is 3.52. The number of hydrogen-bond acceptors (Lipinski definition) is 2. The highest BCUT2D eigenvalue weighted by molar-refractivity contribution is 6.31. The third-order valence-electron chi connectivity index (χ3n) is 0.848. The van der Waals surface area contributed by atoms with Crippen LogP contribution in [0.4, 0.5) is 0 Å². The number of H-pyrrole nitrogens is 2. The highest BCUT2D eigenvalue weighted by atomic mass is 16.2. The molecule has 0 fully saturated rings. The van der Waals surface area contributed by atoms with Gasteiger partial charge < -0.3 is 4.98 Å². The summed E-state index contributed by atoms with van der Waals surface area (Å²) in [4.78, 5) is 24.9. The molecule has 0 spiro atoms. The van der Waals surface area contributed by atoms with E-state index in [9.17, 15) is 9.59 Å². The van der Waals surface area contributed by atoms with Gasteiger partial charge in [-0.1, -0.05) is 0 Å². The van der Waals surface area contributed by atoms with Crippen LogP contribution in [0.1, 0.15) is 0 Å². The van der Waals surface area contributed by atoms with Crippen molar-refractivity contribution in [2.45, 2.75) is 0 Å². The van der Waals surface area contributed by atoms with Crippen LogP contribution in [0.25, 0.3) is 0 Å². The molecular weight excluding hydrogens is 119 g/mol. The maximum atomic E-state index is 10.4. The van der Waals surface area contributed by atoms with Crippen LogP contribution in [-0.2, 0) is 0 Å². The molecule has 9 heavy (non-hydrogen) atoms. The van der Waals surface area contributed by atoms with Crippen molar-refractivity contribution in [3.63, 3.8) is 0 Å². The maximum Gasteiger partial charge on any atom is 0.325 e. The SMILES string of the molecule is [B]c1c[nH]c(=O)[nH]c1=O. The molecule has 1 aromatic rings. The molecule has 0 saturated heterocycles. The minimum Gasteiger partial charge on any atom is -0.315 e. The van der Waals surface area contributed by atoms with Crippen molar-refractivity contribution in [1.29, 1.82) is 0 Å². The van der Waals surface area contributed by atoms with Gasteiger partial charge in [0.05, 0.1) is 0 Å². The molecule has 0 aliphatic heterocycles. The van der Waals surface area contributed by atoms with Gasteiger partial charge in [0.15, 0.2) is 0 Å². The summed E-state index contributed by atoms with van der Waals surface area (Å²) >= 11 is 0. The second-order valence-corrected chi connectivity index (χ2v) is 1.53. The van der Waals surface area contributed by atoms with Gasteiger partial charge in [-0.05, 0) is 5.46 Å². The Morgan fingerprint density at radius 2 is 2.11 bits per heavy atom. The second-order valence-electron chi connectivity index (χ2n) is 1.53. The first-order valence-electron chi connectivity index (χ1n) is 2.27. The Morgan fingerprint density at radius 3 is 2.56 bits per heavy atom. The van der Waals surface area contributed by atoms with Crippen molar-refractivity contribution in [3.05, 3.63) is 27.0 Å². The van der Waals surface area contributed by atoms with Crippen LogP contribution in [0.2, 0.25) is 0 Å².